The Balaban J connectivity index is 0.00000165. The van der Waals surface area contributed by atoms with Gasteiger partial charge in [-0.1, -0.05) is 38.2 Å². The van der Waals surface area contributed by atoms with Crippen LogP contribution in [0.3, 0.4) is 0 Å². The molecule has 2 heterocycles. The van der Waals surface area contributed by atoms with E-state index in [2.05, 4.69) is 64.1 Å². The molecule has 0 saturated carbocycles. The highest BCUT2D eigenvalue weighted by Crippen LogP contribution is 2.26. The van der Waals surface area contributed by atoms with E-state index in [0.29, 0.717) is 26.5 Å². The normalized spacial score (nSPS) is 20.9. The number of hydrogen-bond donors (Lipinski definition) is 2. The van der Waals surface area contributed by atoms with Crippen molar-refractivity contribution in [3.8, 4) is 0 Å². The lowest BCUT2D eigenvalue weighted by molar-refractivity contribution is 0.121. The maximum atomic E-state index is 6.01. The molecule has 7 nitrogen and oxygen atoms in total. The van der Waals surface area contributed by atoms with Gasteiger partial charge in [0.25, 0.3) is 0 Å². The third-order valence-electron chi connectivity index (χ3n) is 5.95. The molecule has 0 atom stereocenters. The monoisotopic (exact) mass is 508 g/mol. The van der Waals surface area contributed by atoms with Crippen molar-refractivity contribution >= 4 is 17.1 Å². The largest absolute Gasteiger partial charge is 0.490 e. The highest BCUT2D eigenvalue weighted by atomic mass is 16.5. The number of rotatable bonds is 4. The molecule has 202 valence electrons. The molecule has 2 N–H and O–H groups in total. The molecule has 0 amide bonds. The fraction of sp³-hybridized carbons (Fsp3) is 0.433. The van der Waals surface area contributed by atoms with Crippen molar-refractivity contribution in [3.05, 3.63) is 83.8 Å². The Labute approximate surface area is 223 Å². The summed E-state index contributed by atoms with van der Waals surface area (Å²) >= 11 is 0. The minimum atomic E-state index is 0. The number of anilines is 2. The molecular formula is C30H44N4O3. The number of nitrogens with zero attached hydrogens (tertiary/aromatic N) is 2. The highest BCUT2D eigenvalue weighted by Gasteiger charge is 2.15. The van der Waals surface area contributed by atoms with Crippen LogP contribution in [0.1, 0.15) is 33.7 Å². The maximum Gasteiger partial charge on any atom is 0.116 e. The molecule has 0 unspecified atom stereocenters. The lowest BCUT2D eigenvalue weighted by Gasteiger charge is -2.31. The predicted octanol–water partition coefficient (Wildman–Crippen LogP) is 5.60. The number of fused-ring (bicyclic) bond motifs is 3. The van der Waals surface area contributed by atoms with Crippen LogP contribution in [0.15, 0.2) is 83.3 Å². The summed E-state index contributed by atoms with van der Waals surface area (Å²) < 4.78 is 17.6. The lowest BCUT2D eigenvalue weighted by atomic mass is 10.1. The van der Waals surface area contributed by atoms with Crippen molar-refractivity contribution in [1.29, 1.82) is 0 Å². The van der Waals surface area contributed by atoms with Crippen molar-refractivity contribution < 1.29 is 15.6 Å². The third kappa shape index (κ3) is 9.26. The van der Waals surface area contributed by atoms with Gasteiger partial charge in [0.1, 0.15) is 19.0 Å². The second-order valence-electron chi connectivity index (χ2n) is 8.42. The van der Waals surface area contributed by atoms with Crippen molar-refractivity contribution in [2.45, 2.75) is 33.3 Å². The minimum absolute atomic E-state index is 0. The Bertz CT molecular complexity index is 1020. The Morgan fingerprint density at radius 3 is 2.78 bits per heavy atom. The van der Waals surface area contributed by atoms with E-state index in [4.69, 9.17) is 19.2 Å². The van der Waals surface area contributed by atoms with E-state index in [-0.39, 0.29) is 1.43 Å². The SMILES string of the molecule is CC.CN/C=C\C/C1=N\CNc2ccc(N3CCOCC3)c(c2)COC/C=C\COC2=CCC=CC1=C2.[HH]. The molecule has 3 aliphatic rings. The Morgan fingerprint density at radius 1 is 1.11 bits per heavy atom. The summed E-state index contributed by atoms with van der Waals surface area (Å²) in [4.78, 5) is 7.30. The number of benzene rings is 1. The van der Waals surface area contributed by atoms with E-state index in [1.54, 1.807) is 0 Å². The Hall–Kier alpha value is -3.29. The van der Waals surface area contributed by atoms with Gasteiger partial charge in [-0.15, -0.1) is 0 Å². The summed E-state index contributed by atoms with van der Waals surface area (Å²) in [6.45, 7) is 9.35. The van der Waals surface area contributed by atoms with Crippen LogP contribution in [-0.2, 0) is 20.8 Å². The Morgan fingerprint density at radius 2 is 1.95 bits per heavy atom. The summed E-state index contributed by atoms with van der Waals surface area (Å²) in [5.41, 5.74) is 5.47. The molecular weight excluding hydrogens is 464 g/mol. The number of morpholine rings is 1. The lowest BCUT2D eigenvalue weighted by Crippen LogP contribution is -2.36. The second-order valence-corrected chi connectivity index (χ2v) is 8.42. The molecule has 1 aromatic rings. The average molecular weight is 509 g/mol. The van der Waals surface area contributed by atoms with Gasteiger partial charge in [-0.2, -0.15) is 0 Å². The molecule has 0 spiro atoms. The van der Waals surface area contributed by atoms with Crippen LogP contribution in [0.2, 0.25) is 0 Å². The maximum absolute atomic E-state index is 6.01. The molecule has 0 aromatic heterocycles. The molecule has 4 bridgehead atoms. The molecule has 4 rings (SSSR count). The number of nitrogens with one attached hydrogen (secondary N) is 2. The number of ether oxygens (including phenoxy) is 3. The first-order valence-corrected chi connectivity index (χ1v) is 13.3. The van der Waals surface area contributed by atoms with Crippen LogP contribution >= 0.6 is 0 Å². The number of aliphatic imine (C=N–C) groups is 1. The standard InChI is InChI=1S/C28H36N4O3.C2H6.H2/c1-29-12-6-9-27-23-7-2-3-8-26(20-23)35-16-5-4-15-34-21-24-19-25(30-22-31-27)10-11-28(24)32-13-17-33-18-14-32;1-2;/h2,4-8,10-12,19-20,29-30H,3,9,13-18,21-22H2,1H3;1-2H3;1H/b5-4-,12-6-,31-27+;;. The van der Waals surface area contributed by atoms with Crippen molar-refractivity contribution in [2.24, 2.45) is 4.99 Å². The molecule has 37 heavy (non-hydrogen) atoms. The molecule has 1 saturated heterocycles. The number of allylic oxidation sites excluding steroid dienone is 6. The molecule has 7 heteroatoms. The zero-order valence-electron chi connectivity index (χ0n) is 22.5. The summed E-state index contributed by atoms with van der Waals surface area (Å²) in [6.07, 6.45) is 18.1. The summed E-state index contributed by atoms with van der Waals surface area (Å²) in [7, 11) is 1.90. The minimum Gasteiger partial charge on any atom is -0.490 e. The number of hydrogen-bond acceptors (Lipinski definition) is 7. The molecule has 1 aromatic carbocycles. The van der Waals surface area contributed by atoms with Gasteiger partial charge < -0.3 is 29.7 Å². The predicted molar refractivity (Wildman–Crippen MR) is 156 cm³/mol. The van der Waals surface area contributed by atoms with Gasteiger partial charge in [0, 0.05) is 50.6 Å². The summed E-state index contributed by atoms with van der Waals surface area (Å²) in [6, 6.07) is 6.48. The Kier molecular flexibility index (Phi) is 12.6. The molecule has 1 fully saturated rings. The highest BCUT2D eigenvalue weighted by molar-refractivity contribution is 6.03. The van der Waals surface area contributed by atoms with Crippen LogP contribution in [0.25, 0.3) is 0 Å². The van der Waals surface area contributed by atoms with E-state index in [1.807, 2.05) is 39.2 Å². The zero-order chi connectivity index (χ0) is 26.1. The first-order valence-electron chi connectivity index (χ1n) is 13.3. The van der Waals surface area contributed by atoms with Gasteiger partial charge in [-0.05, 0) is 54.6 Å². The smallest absolute Gasteiger partial charge is 0.116 e. The van der Waals surface area contributed by atoms with Crippen molar-refractivity contribution in [1.82, 2.24) is 5.32 Å². The van der Waals surface area contributed by atoms with E-state index >= 15 is 0 Å². The topological polar surface area (TPSA) is 67.4 Å². The van der Waals surface area contributed by atoms with E-state index in [9.17, 15) is 0 Å². The first kappa shape index (κ1) is 28.3. The van der Waals surface area contributed by atoms with E-state index in [1.165, 1.54) is 5.69 Å². The van der Waals surface area contributed by atoms with Gasteiger partial charge in [-0.25, -0.2) is 0 Å². The summed E-state index contributed by atoms with van der Waals surface area (Å²) in [5, 5.41) is 6.54. The van der Waals surface area contributed by atoms with Crippen molar-refractivity contribution in [3.63, 3.8) is 0 Å². The molecule has 2 aliphatic heterocycles. The average Bonchev–Trinajstić information content (AvgIpc) is 3.19. The second kappa shape index (κ2) is 16.5. The van der Waals surface area contributed by atoms with Crippen molar-refractivity contribution in [2.75, 3.05) is 63.5 Å². The summed E-state index contributed by atoms with van der Waals surface area (Å²) in [5.74, 6) is 0.861. The van der Waals surface area contributed by atoms with Gasteiger partial charge in [-0.3, -0.25) is 4.99 Å². The third-order valence-corrected chi connectivity index (χ3v) is 5.95. The molecule has 0 radical (unpaired) electrons. The van der Waals surface area contributed by atoms with Crippen LogP contribution in [0, 0.1) is 0 Å². The quantitative estimate of drug-likeness (QED) is 0.516. The zero-order valence-corrected chi connectivity index (χ0v) is 22.5. The van der Waals surface area contributed by atoms with Gasteiger partial charge in [0.05, 0.1) is 26.4 Å². The van der Waals surface area contributed by atoms with Crippen LogP contribution in [0.4, 0.5) is 11.4 Å². The van der Waals surface area contributed by atoms with Crippen LogP contribution in [0.5, 0.6) is 0 Å². The van der Waals surface area contributed by atoms with Gasteiger partial charge in [0.15, 0.2) is 0 Å². The fourth-order valence-electron chi connectivity index (χ4n) is 4.15. The van der Waals surface area contributed by atoms with Gasteiger partial charge >= 0.3 is 0 Å². The van der Waals surface area contributed by atoms with E-state index < -0.39 is 0 Å². The first-order chi connectivity index (χ1) is 18.3. The fourth-order valence-corrected chi connectivity index (χ4v) is 4.15. The van der Waals surface area contributed by atoms with E-state index in [0.717, 1.165) is 67.4 Å². The van der Waals surface area contributed by atoms with Crippen LogP contribution in [-0.4, -0.2) is 58.9 Å². The molecule has 1 aliphatic carbocycles. The van der Waals surface area contributed by atoms with Crippen LogP contribution < -0.4 is 15.5 Å². The van der Waals surface area contributed by atoms with Gasteiger partial charge in [0.2, 0.25) is 0 Å².